The Morgan fingerprint density at radius 1 is 1.22 bits per heavy atom. The summed E-state index contributed by atoms with van der Waals surface area (Å²) in [5.74, 6) is 1.29. The van der Waals surface area contributed by atoms with Crippen molar-refractivity contribution in [3.63, 3.8) is 0 Å². The molecule has 4 nitrogen and oxygen atoms in total. The van der Waals surface area contributed by atoms with Crippen LogP contribution in [-0.2, 0) is 11.3 Å². The molecule has 0 aliphatic rings. The van der Waals surface area contributed by atoms with Gasteiger partial charge >= 0.3 is 0 Å². The second kappa shape index (κ2) is 8.02. The Kier molecular flexibility index (Phi) is 6.04. The lowest BCUT2D eigenvalue weighted by atomic mass is 10.2. The molecule has 1 unspecified atom stereocenters. The number of carbonyl (C=O) groups is 1. The molecule has 0 fully saturated rings. The van der Waals surface area contributed by atoms with E-state index in [2.05, 4.69) is 21.2 Å². The fourth-order valence-corrected chi connectivity index (χ4v) is 2.61. The summed E-state index contributed by atoms with van der Waals surface area (Å²) in [7, 11) is 1.62. The first-order chi connectivity index (χ1) is 11.0. The van der Waals surface area contributed by atoms with Crippen molar-refractivity contribution in [2.75, 3.05) is 7.11 Å². The van der Waals surface area contributed by atoms with Crippen molar-refractivity contribution in [2.24, 2.45) is 0 Å². The number of hydrogen-bond donors (Lipinski definition) is 1. The lowest BCUT2D eigenvalue weighted by Crippen LogP contribution is -2.35. The van der Waals surface area contributed by atoms with Crippen molar-refractivity contribution in [2.45, 2.75) is 26.5 Å². The van der Waals surface area contributed by atoms with Gasteiger partial charge in [0.25, 0.3) is 5.91 Å². The van der Waals surface area contributed by atoms with Gasteiger partial charge in [-0.2, -0.15) is 0 Å². The Morgan fingerprint density at radius 2 is 1.91 bits per heavy atom. The summed E-state index contributed by atoms with van der Waals surface area (Å²) in [6.07, 6.45) is -0.577. The Labute approximate surface area is 144 Å². The minimum absolute atomic E-state index is 0.159. The maximum absolute atomic E-state index is 12.1. The van der Waals surface area contributed by atoms with Crippen molar-refractivity contribution in [1.82, 2.24) is 5.32 Å². The average Bonchev–Trinajstić information content (AvgIpc) is 2.55. The van der Waals surface area contributed by atoms with Crippen LogP contribution < -0.4 is 14.8 Å². The molecular weight excluding hydrogens is 358 g/mol. The van der Waals surface area contributed by atoms with E-state index in [9.17, 15) is 4.79 Å². The second-order valence-corrected chi connectivity index (χ2v) is 6.11. The second-order valence-electron chi connectivity index (χ2n) is 5.26. The van der Waals surface area contributed by atoms with Crippen LogP contribution in [-0.4, -0.2) is 19.1 Å². The van der Waals surface area contributed by atoms with Gasteiger partial charge in [-0.1, -0.05) is 18.2 Å². The van der Waals surface area contributed by atoms with Gasteiger partial charge < -0.3 is 14.8 Å². The van der Waals surface area contributed by atoms with Crippen LogP contribution in [0.1, 0.15) is 18.1 Å². The summed E-state index contributed by atoms with van der Waals surface area (Å²) in [6.45, 7) is 4.18. The summed E-state index contributed by atoms with van der Waals surface area (Å²) in [5.41, 5.74) is 2.13. The highest BCUT2D eigenvalue weighted by atomic mass is 79.9. The molecule has 0 aliphatic heterocycles. The van der Waals surface area contributed by atoms with Crippen LogP contribution in [0, 0.1) is 6.92 Å². The Hall–Kier alpha value is -2.01. The zero-order valence-corrected chi connectivity index (χ0v) is 15.0. The number of aryl methyl sites for hydroxylation is 1. The molecule has 0 aliphatic carbocycles. The molecule has 122 valence electrons. The number of nitrogens with one attached hydrogen (secondary N) is 1. The number of ether oxygens (including phenoxy) is 2. The average molecular weight is 378 g/mol. The molecule has 0 spiro atoms. The van der Waals surface area contributed by atoms with Gasteiger partial charge in [0.15, 0.2) is 6.10 Å². The number of amides is 1. The highest BCUT2D eigenvalue weighted by Gasteiger charge is 2.15. The van der Waals surface area contributed by atoms with E-state index in [1.165, 1.54) is 0 Å². The van der Waals surface area contributed by atoms with Gasteiger partial charge in [0.2, 0.25) is 0 Å². The van der Waals surface area contributed by atoms with E-state index in [0.717, 1.165) is 21.3 Å². The maximum Gasteiger partial charge on any atom is 0.261 e. The minimum atomic E-state index is -0.577. The molecule has 23 heavy (non-hydrogen) atoms. The number of methoxy groups -OCH3 is 1. The van der Waals surface area contributed by atoms with Crippen LogP contribution in [0.25, 0.3) is 0 Å². The van der Waals surface area contributed by atoms with Gasteiger partial charge in [-0.25, -0.2) is 0 Å². The van der Waals surface area contributed by atoms with E-state index in [1.807, 2.05) is 49.4 Å². The fraction of sp³-hybridized carbons (Fsp3) is 0.278. The predicted octanol–water partition coefficient (Wildman–Crippen LogP) is 3.85. The largest absolute Gasteiger partial charge is 0.497 e. The van der Waals surface area contributed by atoms with Crippen molar-refractivity contribution < 1.29 is 14.3 Å². The Bertz CT molecular complexity index is 670. The molecule has 5 heteroatoms. The van der Waals surface area contributed by atoms with E-state index >= 15 is 0 Å². The van der Waals surface area contributed by atoms with Gasteiger partial charge in [-0.15, -0.1) is 0 Å². The summed E-state index contributed by atoms with van der Waals surface area (Å²) in [6, 6.07) is 13.3. The molecule has 1 N–H and O–H groups in total. The molecule has 1 atom stereocenters. The van der Waals surface area contributed by atoms with Crippen LogP contribution in [0.5, 0.6) is 11.5 Å². The van der Waals surface area contributed by atoms with E-state index in [-0.39, 0.29) is 5.91 Å². The predicted molar refractivity (Wildman–Crippen MR) is 93.8 cm³/mol. The first-order valence-corrected chi connectivity index (χ1v) is 8.12. The lowest BCUT2D eigenvalue weighted by molar-refractivity contribution is -0.127. The highest BCUT2D eigenvalue weighted by Crippen LogP contribution is 2.26. The van der Waals surface area contributed by atoms with Crippen LogP contribution in [0.3, 0.4) is 0 Å². The molecule has 0 saturated heterocycles. The summed E-state index contributed by atoms with van der Waals surface area (Å²) in [5, 5.41) is 2.87. The minimum Gasteiger partial charge on any atom is -0.497 e. The molecule has 2 aromatic rings. The Morgan fingerprint density at radius 3 is 2.52 bits per heavy atom. The maximum atomic E-state index is 12.1. The Balaban J connectivity index is 1.89. The molecular formula is C18H20BrNO3. The van der Waals surface area contributed by atoms with E-state index in [0.29, 0.717) is 12.3 Å². The normalized spacial score (nSPS) is 11.7. The SMILES string of the molecule is COc1ccc(CNC(=O)C(C)Oc2ccc(C)cc2Br)cc1. The standard InChI is InChI=1S/C18H20BrNO3/c1-12-4-9-17(16(19)10-12)23-13(2)18(21)20-11-14-5-7-15(22-3)8-6-14/h4-10,13H,11H2,1-3H3,(H,20,21). The number of halogens is 1. The molecule has 2 rings (SSSR count). The van der Waals surface area contributed by atoms with Gasteiger partial charge in [-0.05, 0) is 65.2 Å². The van der Waals surface area contributed by atoms with E-state index in [1.54, 1.807) is 14.0 Å². The topological polar surface area (TPSA) is 47.6 Å². The molecule has 1 amide bonds. The van der Waals surface area contributed by atoms with E-state index in [4.69, 9.17) is 9.47 Å². The molecule has 0 bridgehead atoms. The van der Waals surface area contributed by atoms with Crippen LogP contribution in [0.4, 0.5) is 0 Å². The highest BCUT2D eigenvalue weighted by molar-refractivity contribution is 9.10. The number of benzene rings is 2. The zero-order valence-electron chi connectivity index (χ0n) is 13.4. The number of carbonyl (C=O) groups excluding carboxylic acids is 1. The summed E-state index contributed by atoms with van der Waals surface area (Å²) in [4.78, 5) is 12.1. The van der Waals surface area contributed by atoms with Gasteiger partial charge in [0.1, 0.15) is 11.5 Å². The third-order valence-corrected chi connectivity index (χ3v) is 4.01. The molecule has 0 heterocycles. The lowest BCUT2D eigenvalue weighted by Gasteiger charge is -2.16. The first kappa shape index (κ1) is 17.3. The third-order valence-electron chi connectivity index (χ3n) is 3.39. The van der Waals surface area contributed by atoms with Crippen LogP contribution in [0.15, 0.2) is 46.9 Å². The monoisotopic (exact) mass is 377 g/mol. The van der Waals surface area contributed by atoms with Gasteiger partial charge in [-0.3, -0.25) is 4.79 Å². The molecule has 0 saturated carbocycles. The number of hydrogen-bond acceptors (Lipinski definition) is 3. The van der Waals surface area contributed by atoms with E-state index < -0.39 is 6.10 Å². The smallest absolute Gasteiger partial charge is 0.261 e. The first-order valence-electron chi connectivity index (χ1n) is 7.33. The zero-order chi connectivity index (χ0) is 16.8. The van der Waals surface area contributed by atoms with Crippen LogP contribution in [0.2, 0.25) is 0 Å². The van der Waals surface area contributed by atoms with Crippen molar-refractivity contribution in [3.05, 3.63) is 58.1 Å². The molecule has 0 aromatic heterocycles. The van der Waals surface area contributed by atoms with Crippen LogP contribution >= 0.6 is 15.9 Å². The van der Waals surface area contributed by atoms with Crippen molar-refractivity contribution in [1.29, 1.82) is 0 Å². The summed E-state index contributed by atoms with van der Waals surface area (Å²) >= 11 is 3.45. The fourth-order valence-electron chi connectivity index (χ4n) is 2.02. The van der Waals surface area contributed by atoms with Crippen molar-refractivity contribution >= 4 is 21.8 Å². The van der Waals surface area contributed by atoms with Gasteiger partial charge in [0.05, 0.1) is 11.6 Å². The van der Waals surface area contributed by atoms with Crippen molar-refractivity contribution in [3.8, 4) is 11.5 Å². The quantitative estimate of drug-likeness (QED) is 0.831. The molecule has 2 aromatic carbocycles. The van der Waals surface area contributed by atoms with Gasteiger partial charge in [0, 0.05) is 6.54 Å². The third kappa shape index (κ3) is 4.99. The molecule has 0 radical (unpaired) electrons. The number of rotatable bonds is 6. The summed E-state index contributed by atoms with van der Waals surface area (Å²) < 4.78 is 11.7.